The molecule has 1 aliphatic rings. The van der Waals surface area contributed by atoms with Crippen LogP contribution in [0.3, 0.4) is 0 Å². The number of nitrogens with one attached hydrogen (secondary N) is 2. The van der Waals surface area contributed by atoms with Crippen LogP contribution in [-0.2, 0) is 14.8 Å². The van der Waals surface area contributed by atoms with E-state index in [0.29, 0.717) is 5.06 Å². The molecule has 1 heterocycles. The Morgan fingerprint density at radius 1 is 1.31 bits per heavy atom. The maximum absolute atomic E-state index is 12.3. The summed E-state index contributed by atoms with van der Waals surface area (Å²) in [5.74, 6) is -3.13. The van der Waals surface area contributed by atoms with Gasteiger partial charge in [0.05, 0.1) is 12.7 Å². The van der Waals surface area contributed by atoms with Crippen LogP contribution < -0.4 is 10.0 Å². The number of aromatic carboxylic acids is 1. The molecule has 0 spiro atoms. The van der Waals surface area contributed by atoms with Crippen LogP contribution in [0.25, 0.3) is 0 Å². The summed E-state index contributed by atoms with van der Waals surface area (Å²) in [7, 11) is -3.17. The molecule has 11 nitrogen and oxygen atoms in total. The molecular weight excluding hydrogens is 368 g/mol. The molecule has 1 atom stereocenters. The molecule has 1 aromatic carbocycles. The van der Waals surface area contributed by atoms with E-state index in [2.05, 4.69) is 10.3 Å². The van der Waals surface area contributed by atoms with Crippen LogP contribution in [-0.4, -0.2) is 54.6 Å². The number of urea groups is 1. The number of amides is 2. The third-order valence-corrected chi connectivity index (χ3v) is 4.71. The lowest BCUT2D eigenvalue weighted by atomic mass is 10.2. The normalized spacial score (nSPS) is 19.5. The van der Waals surface area contributed by atoms with Gasteiger partial charge < -0.3 is 9.84 Å². The van der Waals surface area contributed by atoms with Crippen molar-refractivity contribution in [1.82, 2.24) is 15.1 Å². The first-order valence-electron chi connectivity index (χ1n) is 7.06. The van der Waals surface area contributed by atoms with Crippen molar-refractivity contribution in [3.05, 3.63) is 42.1 Å². The lowest BCUT2D eigenvalue weighted by Gasteiger charge is -2.35. The summed E-state index contributed by atoms with van der Waals surface area (Å²) in [6.45, 7) is 1.28. The van der Waals surface area contributed by atoms with Gasteiger partial charge in [-0.25, -0.2) is 32.8 Å². The number of rotatable bonds is 4. The average molecular weight is 384 g/mol. The van der Waals surface area contributed by atoms with Crippen molar-refractivity contribution in [3.63, 3.8) is 0 Å². The highest BCUT2D eigenvalue weighted by Gasteiger charge is 2.35. The van der Waals surface area contributed by atoms with Gasteiger partial charge in [0.25, 0.3) is 10.0 Å². The van der Waals surface area contributed by atoms with Gasteiger partial charge in [0.2, 0.25) is 11.7 Å². The minimum absolute atomic E-state index is 0.0807. The number of nitrogens with zero attached hydrogens (tertiary/aromatic N) is 2. The molecule has 140 valence electrons. The first-order valence-corrected chi connectivity index (χ1v) is 8.55. The van der Waals surface area contributed by atoms with Crippen LogP contribution in [0, 0.1) is 0 Å². The number of methoxy groups -OCH3 is 1. The van der Waals surface area contributed by atoms with Gasteiger partial charge in [-0.1, -0.05) is 12.1 Å². The van der Waals surface area contributed by atoms with Gasteiger partial charge in [0.1, 0.15) is 4.90 Å². The molecule has 0 radical (unpaired) electrons. The van der Waals surface area contributed by atoms with Crippen LogP contribution in [0.4, 0.5) is 4.79 Å². The fourth-order valence-electron chi connectivity index (χ4n) is 2.08. The summed E-state index contributed by atoms with van der Waals surface area (Å²) in [6, 6.07) is 3.57. The van der Waals surface area contributed by atoms with Gasteiger partial charge in [-0.15, -0.1) is 0 Å². The topological polar surface area (TPSA) is 158 Å². The standard InChI is InChI=1S/C14H16N4O7S/c1-14(15-11(25-2)7-8-18(14)22)16-13(21)17-26(23,24)10-6-4-3-5-9(10)12(19)20/h3-8,22H,1-2H3,(H,19,20)(H2,16,17,21). The highest BCUT2D eigenvalue weighted by molar-refractivity contribution is 7.90. The number of hydrogen-bond acceptors (Lipinski definition) is 8. The van der Waals surface area contributed by atoms with Crippen molar-refractivity contribution >= 4 is 27.9 Å². The zero-order valence-corrected chi connectivity index (χ0v) is 14.5. The molecule has 2 amide bonds. The van der Waals surface area contributed by atoms with E-state index in [0.717, 1.165) is 18.3 Å². The fraction of sp³-hybridized carbons (Fsp3) is 0.214. The van der Waals surface area contributed by atoms with E-state index in [1.54, 1.807) is 4.72 Å². The first kappa shape index (κ1) is 19.2. The molecule has 0 aromatic heterocycles. The molecule has 0 saturated heterocycles. The molecule has 1 aromatic rings. The van der Waals surface area contributed by atoms with Gasteiger partial charge >= 0.3 is 12.0 Å². The van der Waals surface area contributed by atoms with Gasteiger partial charge in [-0.2, -0.15) is 0 Å². The molecule has 2 rings (SSSR count). The number of hydrogen-bond donors (Lipinski definition) is 4. The van der Waals surface area contributed by atoms with Crippen molar-refractivity contribution in [2.24, 2.45) is 4.99 Å². The Morgan fingerprint density at radius 2 is 1.96 bits per heavy atom. The van der Waals surface area contributed by atoms with E-state index >= 15 is 0 Å². The SMILES string of the molecule is COC1=NC(C)(NC(=O)NS(=O)(=O)c2ccccc2C(=O)O)N(O)C=C1. The van der Waals surface area contributed by atoms with Gasteiger partial charge in [0, 0.05) is 19.2 Å². The molecule has 0 aliphatic carbocycles. The number of carboxylic acid groups (broad SMARTS) is 1. The molecule has 0 saturated carbocycles. The Morgan fingerprint density at radius 3 is 2.58 bits per heavy atom. The summed E-state index contributed by atoms with van der Waals surface area (Å²) in [5.41, 5.74) is -0.497. The Balaban J connectivity index is 2.23. The predicted octanol–water partition coefficient (Wildman–Crippen LogP) is 0.310. The van der Waals surface area contributed by atoms with E-state index in [9.17, 15) is 23.2 Å². The second-order valence-corrected chi connectivity index (χ2v) is 6.85. The predicted molar refractivity (Wildman–Crippen MR) is 87.9 cm³/mol. The summed E-state index contributed by atoms with van der Waals surface area (Å²) >= 11 is 0. The minimum atomic E-state index is -4.49. The van der Waals surface area contributed by atoms with E-state index < -0.39 is 38.3 Å². The van der Waals surface area contributed by atoms with E-state index in [1.165, 1.54) is 32.2 Å². The summed E-state index contributed by atoms with van der Waals surface area (Å²) < 4.78 is 31.2. The smallest absolute Gasteiger partial charge is 0.337 e. The third kappa shape index (κ3) is 3.92. The molecule has 0 fully saturated rings. The Bertz CT molecular complexity index is 896. The van der Waals surface area contributed by atoms with Crippen molar-refractivity contribution in [3.8, 4) is 0 Å². The number of aliphatic imine (C=N–C) groups is 1. The fourth-order valence-corrected chi connectivity index (χ4v) is 3.18. The van der Waals surface area contributed by atoms with E-state index in [-0.39, 0.29) is 5.90 Å². The first-order chi connectivity index (χ1) is 12.1. The second kappa shape index (κ2) is 7.01. The second-order valence-electron chi connectivity index (χ2n) is 5.20. The van der Waals surface area contributed by atoms with Crippen LogP contribution in [0.2, 0.25) is 0 Å². The van der Waals surface area contributed by atoms with Crippen LogP contribution in [0.5, 0.6) is 0 Å². The van der Waals surface area contributed by atoms with E-state index in [1.807, 2.05) is 0 Å². The van der Waals surface area contributed by atoms with Crippen molar-refractivity contribution < 1.29 is 33.1 Å². The van der Waals surface area contributed by atoms with Crippen molar-refractivity contribution in [1.29, 1.82) is 0 Å². The minimum Gasteiger partial charge on any atom is -0.481 e. The van der Waals surface area contributed by atoms with Crippen LogP contribution in [0.1, 0.15) is 17.3 Å². The number of carbonyl (C=O) groups is 2. The molecule has 26 heavy (non-hydrogen) atoms. The van der Waals surface area contributed by atoms with Gasteiger partial charge in [-0.3, -0.25) is 10.5 Å². The number of carboxylic acids is 1. The van der Waals surface area contributed by atoms with Crippen molar-refractivity contribution in [2.75, 3.05) is 7.11 Å². The third-order valence-electron chi connectivity index (χ3n) is 3.33. The largest absolute Gasteiger partial charge is 0.481 e. The quantitative estimate of drug-likeness (QED) is 0.577. The Kier molecular flexibility index (Phi) is 5.18. The molecule has 1 unspecified atom stereocenters. The molecule has 0 bridgehead atoms. The molecule has 12 heteroatoms. The Hall–Kier alpha value is -3.12. The molecule has 4 N–H and O–H groups in total. The molecule has 1 aliphatic heterocycles. The van der Waals surface area contributed by atoms with Crippen LogP contribution >= 0.6 is 0 Å². The summed E-state index contributed by atoms with van der Waals surface area (Å²) in [4.78, 5) is 26.6. The zero-order chi connectivity index (χ0) is 19.5. The highest BCUT2D eigenvalue weighted by atomic mass is 32.2. The maximum atomic E-state index is 12.3. The number of benzene rings is 1. The van der Waals surface area contributed by atoms with E-state index in [4.69, 9.17) is 9.84 Å². The number of ether oxygens (including phenoxy) is 1. The maximum Gasteiger partial charge on any atom is 0.337 e. The number of hydroxylamine groups is 2. The van der Waals surface area contributed by atoms with Crippen LogP contribution in [0.15, 0.2) is 46.4 Å². The highest BCUT2D eigenvalue weighted by Crippen LogP contribution is 2.18. The Labute approximate surface area is 148 Å². The summed E-state index contributed by atoms with van der Waals surface area (Å²) in [6.07, 6.45) is 2.47. The monoisotopic (exact) mass is 384 g/mol. The average Bonchev–Trinajstić information content (AvgIpc) is 2.56. The van der Waals surface area contributed by atoms with Gasteiger partial charge in [0.15, 0.2) is 0 Å². The number of carbonyl (C=O) groups excluding carboxylic acids is 1. The molecular formula is C14H16N4O7S. The lowest BCUT2D eigenvalue weighted by molar-refractivity contribution is -0.131. The number of sulfonamides is 1. The lowest BCUT2D eigenvalue weighted by Crippen LogP contribution is -2.58. The van der Waals surface area contributed by atoms with Gasteiger partial charge in [-0.05, 0) is 12.1 Å². The zero-order valence-electron chi connectivity index (χ0n) is 13.7. The van der Waals surface area contributed by atoms with Crippen molar-refractivity contribution in [2.45, 2.75) is 17.6 Å². The summed E-state index contributed by atoms with van der Waals surface area (Å²) in [5, 5.41) is 21.6.